The molecule has 2 heteroatoms. The molecular formula is C20H29NO. The minimum Gasteiger partial charge on any atom is -0.497 e. The van der Waals surface area contributed by atoms with Gasteiger partial charge in [0, 0.05) is 11.5 Å². The van der Waals surface area contributed by atoms with Gasteiger partial charge in [0.1, 0.15) is 5.75 Å². The molecule has 2 saturated carbocycles. The summed E-state index contributed by atoms with van der Waals surface area (Å²) in [5.74, 6) is 1.93. The van der Waals surface area contributed by atoms with E-state index < -0.39 is 0 Å². The van der Waals surface area contributed by atoms with Crippen LogP contribution in [-0.4, -0.2) is 19.7 Å². The van der Waals surface area contributed by atoms with E-state index in [2.05, 4.69) is 37.4 Å². The minimum atomic E-state index is 0.314. The molecule has 0 amide bonds. The van der Waals surface area contributed by atoms with Gasteiger partial charge in [0.2, 0.25) is 0 Å². The fourth-order valence-corrected chi connectivity index (χ4v) is 6.18. The molecule has 0 aliphatic heterocycles. The maximum atomic E-state index is 5.54. The van der Waals surface area contributed by atoms with Crippen LogP contribution in [0.5, 0.6) is 5.75 Å². The third-order valence-corrected chi connectivity index (χ3v) is 7.32. The van der Waals surface area contributed by atoms with Crippen LogP contribution in [0, 0.1) is 11.3 Å². The van der Waals surface area contributed by atoms with Crippen LogP contribution < -0.4 is 10.1 Å². The van der Waals surface area contributed by atoms with Gasteiger partial charge in [-0.3, -0.25) is 0 Å². The molecule has 1 spiro atoms. The number of hydrogen-bond acceptors (Lipinski definition) is 2. The van der Waals surface area contributed by atoms with Gasteiger partial charge in [-0.25, -0.2) is 0 Å². The quantitative estimate of drug-likeness (QED) is 0.908. The van der Waals surface area contributed by atoms with E-state index in [1.165, 1.54) is 38.5 Å². The minimum absolute atomic E-state index is 0.314. The number of fused-ring (bicyclic) bond motifs is 3. The summed E-state index contributed by atoms with van der Waals surface area (Å²) in [5, 5.41) is 3.89. The fraction of sp³-hybridized carbons (Fsp3) is 0.700. The lowest BCUT2D eigenvalue weighted by molar-refractivity contribution is 0.0233. The Hall–Kier alpha value is -1.02. The molecule has 120 valence electrons. The first-order valence-electron chi connectivity index (χ1n) is 9.05. The van der Waals surface area contributed by atoms with Crippen LogP contribution in [-0.2, 0) is 11.8 Å². The van der Waals surface area contributed by atoms with E-state index in [9.17, 15) is 0 Å². The van der Waals surface area contributed by atoms with Crippen molar-refractivity contribution in [3.05, 3.63) is 29.3 Å². The van der Waals surface area contributed by atoms with Crippen molar-refractivity contribution >= 4 is 0 Å². The zero-order valence-electron chi connectivity index (χ0n) is 14.2. The number of rotatable bonds is 3. The van der Waals surface area contributed by atoms with Gasteiger partial charge in [-0.05, 0) is 79.7 Å². The fourth-order valence-electron chi connectivity index (χ4n) is 6.18. The zero-order valence-corrected chi connectivity index (χ0v) is 14.2. The Labute approximate surface area is 134 Å². The number of ether oxygens (including phenoxy) is 1. The molecule has 2 fully saturated rings. The second kappa shape index (κ2) is 4.99. The molecule has 22 heavy (non-hydrogen) atoms. The van der Waals surface area contributed by atoms with Gasteiger partial charge >= 0.3 is 0 Å². The average molecular weight is 299 g/mol. The van der Waals surface area contributed by atoms with E-state index in [1.807, 2.05) is 0 Å². The van der Waals surface area contributed by atoms with Crippen LogP contribution in [0.4, 0.5) is 0 Å². The molecule has 4 atom stereocenters. The van der Waals surface area contributed by atoms with Crippen molar-refractivity contribution in [3.63, 3.8) is 0 Å². The van der Waals surface area contributed by atoms with Crippen LogP contribution in [0.3, 0.4) is 0 Å². The van der Waals surface area contributed by atoms with Crippen molar-refractivity contribution in [2.24, 2.45) is 11.3 Å². The Balaban J connectivity index is 1.85. The first kappa shape index (κ1) is 14.6. The van der Waals surface area contributed by atoms with Gasteiger partial charge in [0.15, 0.2) is 0 Å². The van der Waals surface area contributed by atoms with Gasteiger partial charge in [0.05, 0.1) is 7.11 Å². The molecule has 1 aromatic carbocycles. The third kappa shape index (κ3) is 1.71. The van der Waals surface area contributed by atoms with Gasteiger partial charge < -0.3 is 10.1 Å². The van der Waals surface area contributed by atoms with Crippen LogP contribution >= 0.6 is 0 Å². The molecule has 2 bridgehead atoms. The molecule has 0 heterocycles. The van der Waals surface area contributed by atoms with Gasteiger partial charge in [-0.2, -0.15) is 0 Å². The first-order valence-corrected chi connectivity index (χ1v) is 9.05. The van der Waals surface area contributed by atoms with Crippen LogP contribution in [0.15, 0.2) is 18.2 Å². The molecule has 1 aromatic rings. The summed E-state index contributed by atoms with van der Waals surface area (Å²) >= 11 is 0. The van der Waals surface area contributed by atoms with E-state index in [0.29, 0.717) is 10.8 Å². The summed E-state index contributed by atoms with van der Waals surface area (Å²) in [6.45, 7) is 5.92. The highest BCUT2D eigenvalue weighted by molar-refractivity contribution is 5.46. The predicted molar refractivity (Wildman–Crippen MR) is 90.5 cm³/mol. The van der Waals surface area contributed by atoms with E-state index in [4.69, 9.17) is 4.74 Å². The highest BCUT2D eigenvalue weighted by atomic mass is 16.5. The molecule has 0 aromatic heterocycles. The van der Waals surface area contributed by atoms with E-state index in [1.54, 1.807) is 18.2 Å². The van der Waals surface area contributed by atoms with Crippen LogP contribution in [0.25, 0.3) is 0 Å². The summed E-state index contributed by atoms with van der Waals surface area (Å²) in [5.41, 5.74) is 3.93. The second-order valence-corrected chi connectivity index (χ2v) is 7.88. The summed E-state index contributed by atoms with van der Waals surface area (Å²) in [6, 6.07) is 7.52. The molecule has 1 N–H and O–H groups in total. The number of hydrogen-bond donors (Lipinski definition) is 1. The molecule has 0 unspecified atom stereocenters. The van der Waals surface area contributed by atoms with Crippen molar-refractivity contribution in [3.8, 4) is 5.75 Å². The lowest BCUT2D eigenvalue weighted by atomic mass is 9.48. The summed E-state index contributed by atoms with van der Waals surface area (Å²) in [4.78, 5) is 0. The molecule has 3 aliphatic carbocycles. The third-order valence-electron chi connectivity index (χ3n) is 7.32. The van der Waals surface area contributed by atoms with Crippen molar-refractivity contribution in [1.82, 2.24) is 5.32 Å². The molecule has 2 nitrogen and oxygen atoms in total. The maximum absolute atomic E-state index is 5.54. The van der Waals surface area contributed by atoms with Crippen molar-refractivity contribution < 1.29 is 4.74 Å². The van der Waals surface area contributed by atoms with E-state index in [0.717, 1.165) is 24.3 Å². The second-order valence-electron chi connectivity index (χ2n) is 7.88. The average Bonchev–Trinajstić information content (AvgIpc) is 2.80. The normalized spacial score (nSPS) is 39.2. The monoisotopic (exact) mass is 299 g/mol. The Morgan fingerprint density at radius 1 is 1.23 bits per heavy atom. The van der Waals surface area contributed by atoms with Crippen LogP contribution in [0.1, 0.15) is 57.1 Å². The molecule has 0 saturated heterocycles. The van der Waals surface area contributed by atoms with Gasteiger partial charge in [-0.1, -0.05) is 19.9 Å². The highest BCUT2D eigenvalue weighted by Crippen LogP contribution is 2.65. The maximum Gasteiger partial charge on any atom is 0.119 e. The Bertz CT molecular complexity index is 583. The number of methoxy groups -OCH3 is 1. The smallest absolute Gasteiger partial charge is 0.119 e. The standard InChI is InChI=1S/C20H29NO/c1-4-21-18-15-7-10-19(2)17-13-16(22-3)6-5-14(17)8-11-20(18,19)12-9-15/h5-6,13,15,18,21H,4,7-12H2,1-3H3/t15-,18-,19+,20+/m1/s1. The number of nitrogens with one attached hydrogen (secondary N) is 1. The van der Waals surface area contributed by atoms with E-state index in [-0.39, 0.29) is 0 Å². The highest BCUT2D eigenvalue weighted by Gasteiger charge is 2.62. The van der Waals surface area contributed by atoms with Gasteiger partial charge in [0.25, 0.3) is 0 Å². The number of aryl methyl sites for hydroxylation is 1. The van der Waals surface area contributed by atoms with Crippen molar-refractivity contribution in [2.75, 3.05) is 13.7 Å². The van der Waals surface area contributed by atoms with Gasteiger partial charge in [-0.15, -0.1) is 0 Å². The zero-order chi connectivity index (χ0) is 15.4. The summed E-state index contributed by atoms with van der Waals surface area (Å²) in [7, 11) is 1.79. The Morgan fingerprint density at radius 3 is 2.82 bits per heavy atom. The van der Waals surface area contributed by atoms with Crippen LogP contribution in [0.2, 0.25) is 0 Å². The Kier molecular flexibility index (Phi) is 3.30. The Morgan fingerprint density at radius 2 is 2.05 bits per heavy atom. The topological polar surface area (TPSA) is 21.3 Å². The molecular weight excluding hydrogens is 270 g/mol. The SMILES string of the molecule is CCN[C@@H]1[C@H]2CC[C@@]13CCc1ccc(OC)cc1[C@]3(C)CC2. The number of benzene rings is 1. The summed E-state index contributed by atoms with van der Waals surface area (Å²) < 4.78 is 5.54. The lowest BCUT2D eigenvalue weighted by Crippen LogP contribution is -2.60. The molecule has 3 aliphatic rings. The largest absolute Gasteiger partial charge is 0.497 e. The lowest BCUT2D eigenvalue weighted by Gasteiger charge is -2.58. The van der Waals surface area contributed by atoms with Crippen molar-refractivity contribution in [1.29, 1.82) is 0 Å². The molecule has 4 rings (SSSR count). The predicted octanol–water partition coefficient (Wildman–Crippen LogP) is 4.07. The first-order chi connectivity index (χ1) is 10.6. The summed E-state index contributed by atoms with van der Waals surface area (Å²) in [6.07, 6.45) is 8.15. The van der Waals surface area contributed by atoms with Crippen molar-refractivity contribution in [2.45, 2.75) is 63.8 Å². The van der Waals surface area contributed by atoms with E-state index >= 15 is 0 Å². The molecule has 0 radical (unpaired) electrons.